The number of fused-ring (bicyclic) bond motifs is 1. The van der Waals surface area contributed by atoms with Crippen LogP contribution in [0.3, 0.4) is 0 Å². The van der Waals surface area contributed by atoms with Crippen LogP contribution in [0.5, 0.6) is 0 Å². The van der Waals surface area contributed by atoms with Gasteiger partial charge in [0, 0.05) is 12.4 Å². The molecule has 6 nitrogen and oxygen atoms in total. The van der Waals surface area contributed by atoms with E-state index in [-0.39, 0.29) is 0 Å². The van der Waals surface area contributed by atoms with Gasteiger partial charge in [-0.15, -0.1) is 10.2 Å². The zero-order valence-electron chi connectivity index (χ0n) is 11.6. The standard InChI is InChI=1S/C15H14N6/c1-4-11-14(16-3)12(5-7-17-11)18-15-20-19-13-9-10(2)6-8-21(13)15/h4-9H,1,3H2,2H3,(H,17,18,20). The summed E-state index contributed by atoms with van der Waals surface area (Å²) >= 11 is 0. The number of hydrogen-bond donors (Lipinski definition) is 1. The van der Waals surface area contributed by atoms with Crippen LogP contribution in [0.4, 0.5) is 17.3 Å². The van der Waals surface area contributed by atoms with Gasteiger partial charge in [0.15, 0.2) is 5.65 Å². The molecule has 0 aliphatic heterocycles. The Kier molecular flexibility index (Phi) is 3.19. The first-order valence-corrected chi connectivity index (χ1v) is 6.39. The van der Waals surface area contributed by atoms with E-state index in [0.717, 1.165) is 16.9 Å². The molecule has 1 N–H and O–H groups in total. The molecule has 0 fully saturated rings. The molecule has 0 aliphatic rings. The monoisotopic (exact) mass is 278 g/mol. The molecule has 3 aromatic rings. The van der Waals surface area contributed by atoms with Gasteiger partial charge in [0.25, 0.3) is 0 Å². The molecule has 3 rings (SSSR count). The molecule has 0 amide bonds. The van der Waals surface area contributed by atoms with E-state index in [2.05, 4.69) is 38.8 Å². The maximum absolute atomic E-state index is 4.20. The van der Waals surface area contributed by atoms with Crippen LogP contribution in [0.25, 0.3) is 11.7 Å². The van der Waals surface area contributed by atoms with Crippen molar-refractivity contribution < 1.29 is 0 Å². The molecular formula is C15H14N6. The number of rotatable bonds is 4. The highest BCUT2D eigenvalue weighted by Crippen LogP contribution is 2.30. The van der Waals surface area contributed by atoms with Crippen LogP contribution in [-0.4, -0.2) is 26.3 Å². The molecule has 0 bridgehead atoms. The lowest BCUT2D eigenvalue weighted by Crippen LogP contribution is -1.98. The maximum atomic E-state index is 4.20. The zero-order valence-corrected chi connectivity index (χ0v) is 11.6. The van der Waals surface area contributed by atoms with Crippen molar-refractivity contribution in [2.45, 2.75) is 6.92 Å². The summed E-state index contributed by atoms with van der Waals surface area (Å²) in [6.45, 7) is 9.32. The number of aromatic nitrogens is 4. The Labute approximate surface area is 121 Å². The Morgan fingerprint density at radius 1 is 1.33 bits per heavy atom. The molecule has 0 aromatic carbocycles. The normalized spacial score (nSPS) is 10.5. The maximum Gasteiger partial charge on any atom is 0.233 e. The van der Waals surface area contributed by atoms with Gasteiger partial charge in [0.1, 0.15) is 5.69 Å². The lowest BCUT2D eigenvalue weighted by molar-refractivity contribution is 1.10. The number of anilines is 2. The molecule has 3 heterocycles. The average Bonchev–Trinajstić information content (AvgIpc) is 2.89. The van der Waals surface area contributed by atoms with Gasteiger partial charge in [-0.1, -0.05) is 6.58 Å². The van der Waals surface area contributed by atoms with E-state index in [1.165, 1.54) is 0 Å². The van der Waals surface area contributed by atoms with Crippen molar-refractivity contribution >= 4 is 35.8 Å². The Morgan fingerprint density at radius 2 is 2.19 bits per heavy atom. The van der Waals surface area contributed by atoms with E-state index < -0.39 is 0 Å². The third kappa shape index (κ3) is 2.27. The highest BCUT2D eigenvalue weighted by atomic mass is 15.3. The van der Waals surface area contributed by atoms with Crippen LogP contribution < -0.4 is 5.32 Å². The molecule has 21 heavy (non-hydrogen) atoms. The summed E-state index contributed by atoms with van der Waals surface area (Å²) in [6.07, 6.45) is 5.24. The van der Waals surface area contributed by atoms with E-state index in [1.54, 1.807) is 12.3 Å². The van der Waals surface area contributed by atoms with E-state index in [1.807, 2.05) is 35.7 Å². The number of nitrogens with zero attached hydrogens (tertiary/aromatic N) is 5. The van der Waals surface area contributed by atoms with Gasteiger partial charge in [-0.25, -0.2) is 0 Å². The lowest BCUT2D eigenvalue weighted by Gasteiger charge is -2.09. The van der Waals surface area contributed by atoms with Crippen LogP contribution >= 0.6 is 0 Å². The zero-order chi connectivity index (χ0) is 14.8. The quantitative estimate of drug-likeness (QED) is 0.744. The Morgan fingerprint density at radius 3 is 2.95 bits per heavy atom. The summed E-state index contributed by atoms with van der Waals surface area (Å²) in [4.78, 5) is 8.21. The topological polar surface area (TPSA) is 67.5 Å². The molecule has 0 saturated heterocycles. The van der Waals surface area contributed by atoms with Crippen LogP contribution in [-0.2, 0) is 0 Å². The minimum atomic E-state index is 0.608. The minimum absolute atomic E-state index is 0.608. The predicted molar refractivity (Wildman–Crippen MR) is 84.5 cm³/mol. The number of pyridine rings is 2. The molecule has 6 heteroatoms. The SMILES string of the molecule is C=Cc1nccc(Nc2nnc3cc(C)ccn23)c1N=C. The van der Waals surface area contributed by atoms with Gasteiger partial charge in [0.05, 0.1) is 11.4 Å². The van der Waals surface area contributed by atoms with Crippen LogP contribution in [0.1, 0.15) is 11.3 Å². The minimum Gasteiger partial charge on any atom is -0.322 e. The number of aryl methyl sites for hydroxylation is 1. The second-order valence-electron chi connectivity index (χ2n) is 4.54. The smallest absolute Gasteiger partial charge is 0.233 e. The second kappa shape index (κ2) is 5.16. The van der Waals surface area contributed by atoms with Gasteiger partial charge < -0.3 is 5.32 Å². The summed E-state index contributed by atoms with van der Waals surface area (Å²) in [6, 6.07) is 5.77. The fraction of sp³-hybridized carbons (Fsp3) is 0.0667. The van der Waals surface area contributed by atoms with Crippen LogP contribution in [0.2, 0.25) is 0 Å². The average molecular weight is 278 g/mol. The van der Waals surface area contributed by atoms with Gasteiger partial charge in [-0.3, -0.25) is 14.4 Å². The molecule has 0 spiro atoms. The molecule has 0 atom stereocenters. The Balaban J connectivity index is 2.07. The van der Waals surface area contributed by atoms with Crippen LogP contribution in [0, 0.1) is 6.92 Å². The van der Waals surface area contributed by atoms with Crippen molar-refractivity contribution in [3.8, 4) is 0 Å². The summed E-state index contributed by atoms with van der Waals surface area (Å²) < 4.78 is 1.87. The fourth-order valence-electron chi connectivity index (χ4n) is 2.08. The molecule has 0 aliphatic carbocycles. The highest BCUT2D eigenvalue weighted by molar-refractivity contribution is 5.78. The van der Waals surface area contributed by atoms with E-state index in [4.69, 9.17) is 0 Å². The number of aliphatic imine (C=N–C) groups is 1. The van der Waals surface area contributed by atoms with Gasteiger partial charge >= 0.3 is 0 Å². The van der Waals surface area contributed by atoms with Gasteiger partial charge in [-0.2, -0.15) is 0 Å². The van der Waals surface area contributed by atoms with Crippen molar-refractivity contribution in [1.29, 1.82) is 0 Å². The molecule has 0 unspecified atom stereocenters. The first-order chi connectivity index (χ1) is 10.2. The predicted octanol–water partition coefficient (Wildman–Crippen LogP) is 3.15. The summed E-state index contributed by atoms with van der Waals surface area (Å²) in [7, 11) is 0. The molecule has 0 saturated carbocycles. The van der Waals surface area contributed by atoms with E-state index in [9.17, 15) is 0 Å². The summed E-state index contributed by atoms with van der Waals surface area (Å²) in [5.74, 6) is 0.608. The first kappa shape index (κ1) is 13.0. The molecular weight excluding hydrogens is 264 g/mol. The van der Waals surface area contributed by atoms with Gasteiger partial charge in [0.2, 0.25) is 5.95 Å². The van der Waals surface area contributed by atoms with E-state index >= 15 is 0 Å². The largest absolute Gasteiger partial charge is 0.322 e. The Hall–Kier alpha value is -3.02. The number of hydrogen-bond acceptors (Lipinski definition) is 5. The molecule has 0 radical (unpaired) electrons. The van der Waals surface area contributed by atoms with Crippen molar-refractivity contribution in [3.63, 3.8) is 0 Å². The molecule has 3 aromatic heterocycles. The number of nitrogens with one attached hydrogen (secondary N) is 1. The van der Waals surface area contributed by atoms with Gasteiger partial charge in [-0.05, 0) is 43.5 Å². The van der Waals surface area contributed by atoms with Crippen LogP contribution in [0.15, 0.2) is 42.2 Å². The molecule has 104 valence electrons. The summed E-state index contributed by atoms with van der Waals surface area (Å²) in [5.41, 5.74) is 3.97. The van der Waals surface area contributed by atoms with Crippen molar-refractivity contribution in [2.24, 2.45) is 4.99 Å². The summed E-state index contributed by atoms with van der Waals surface area (Å²) in [5, 5.41) is 11.5. The third-order valence-electron chi connectivity index (χ3n) is 3.12. The highest BCUT2D eigenvalue weighted by Gasteiger charge is 2.10. The van der Waals surface area contributed by atoms with E-state index in [0.29, 0.717) is 17.3 Å². The lowest BCUT2D eigenvalue weighted by atomic mass is 10.2. The fourth-order valence-corrected chi connectivity index (χ4v) is 2.08. The van der Waals surface area contributed by atoms with Crippen molar-refractivity contribution in [1.82, 2.24) is 19.6 Å². The third-order valence-corrected chi connectivity index (χ3v) is 3.12. The first-order valence-electron chi connectivity index (χ1n) is 6.39. The van der Waals surface area contributed by atoms with Crippen molar-refractivity contribution in [2.75, 3.05) is 5.32 Å². The Bertz CT molecular complexity index is 833. The second-order valence-corrected chi connectivity index (χ2v) is 4.54. The van der Waals surface area contributed by atoms with Crippen molar-refractivity contribution in [3.05, 3.63) is 48.4 Å².